The summed E-state index contributed by atoms with van der Waals surface area (Å²) in [5.74, 6) is -1.32. The number of aliphatic hydroxyl groups is 1. The second-order valence-corrected chi connectivity index (χ2v) is 6.77. The van der Waals surface area contributed by atoms with Gasteiger partial charge in [0.1, 0.15) is 11.7 Å². The Morgan fingerprint density at radius 2 is 2.03 bits per heavy atom. The molecule has 2 aromatic rings. The summed E-state index contributed by atoms with van der Waals surface area (Å²) < 4.78 is 18.5. The van der Waals surface area contributed by atoms with Crippen molar-refractivity contribution >= 4 is 41.4 Å². The molecule has 0 bridgehead atoms. The number of aliphatic hydroxyl groups excluding tert-OH is 1. The van der Waals surface area contributed by atoms with Gasteiger partial charge in [0, 0.05) is 23.5 Å². The van der Waals surface area contributed by atoms with E-state index in [4.69, 9.17) is 10.5 Å². The lowest BCUT2D eigenvalue weighted by Gasteiger charge is -2.34. The van der Waals surface area contributed by atoms with Crippen molar-refractivity contribution in [2.24, 2.45) is 10.7 Å². The van der Waals surface area contributed by atoms with Crippen LogP contribution in [0.3, 0.4) is 0 Å². The fourth-order valence-electron chi connectivity index (χ4n) is 3.37. The molecule has 8 nitrogen and oxygen atoms in total. The number of carbonyl (C=O) groups is 2. The first-order chi connectivity index (χ1) is 13.9. The van der Waals surface area contributed by atoms with E-state index in [2.05, 4.69) is 10.3 Å². The zero-order valence-corrected chi connectivity index (χ0v) is 16.6. The van der Waals surface area contributed by atoms with E-state index in [0.29, 0.717) is 23.8 Å². The van der Waals surface area contributed by atoms with Gasteiger partial charge in [0.05, 0.1) is 13.2 Å². The van der Waals surface area contributed by atoms with E-state index in [1.165, 1.54) is 29.2 Å². The molecule has 1 fully saturated rings. The number of nitrogens with two attached hydrogens (primary N) is 1. The van der Waals surface area contributed by atoms with Crippen molar-refractivity contribution in [1.29, 1.82) is 0 Å². The zero-order valence-electron chi connectivity index (χ0n) is 15.7. The van der Waals surface area contributed by atoms with E-state index in [1.807, 2.05) is 0 Å². The van der Waals surface area contributed by atoms with Crippen LogP contribution < -0.4 is 16.0 Å². The molecule has 4 rings (SSSR count). The molecular weight excluding hydrogens is 415 g/mol. The van der Waals surface area contributed by atoms with Gasteiger partial charge < -0.3 is 25.8 Å². The molecule has 0 unspecified atom stereocenters. The van der Waals surface area contributed by atoms with Crippen molar-refractivity contribution in [3.8, 4) is 0 Å². The first-order valence-corrected chi connectivity index (χ1v) is 9.05. The molecule has 2 atom stereocenters. The minimum Gasteiger partial charge on any atom is -0.383 e. The lowest BCUT2D eigenvalue weighted by Crippen LogP contribution is -2.55. The highest BCUT2D eigenvalue weighted by Crippen LogP contribution is 2.23. The topological polar surface area (TPSA) is 117 Å². The average Bonchev–Trinajstić information content (AvgIpc) is 3.08. The fourth-order valence-corrected chi connectivity index (χ4v) is 3.37. The first-order valence-electron chi connectivity index (χ1n) is 9.05. The summed E-state index contributed by atoms with van der Waals surface area (Å²) in [6.07, 6.45) is -3.07. The lowest BCUT2D eigenvalue weighted by molar-refractivity contribution is -0.150. The lowest BCUT2D eigenvalue weighted by atomic mass is 10.1. The summed E-state index contributed by atoms with van der Waals surface area (Å²) in [5.41, 5.74) is 8.37. The maximum Gasteiger partial charge on any atom is 0.259 e. The molecule has 0 aromatic heterocycles. The van der Waals surface area contributed by atoms with Crippen LogP contribution in [0.5, 0.6) is 0 Å². The van der Waals surface area contributed by atoms with Crippen LogP contribution in [0.25, 0.3) is 0 Å². The van der Waals surface area contributed by atoms with Crippen LogP contribution in [0.1, 0.15) is 11.1 Å². The number of rotatable bonds is 4. The predicted molar refractivity (Wildman–Crippen MR) is 111 cm³/mol. The Morgan fingerprint density at radius 3 is 2.77 bits per heavy atom. The van der Waals surface area contributed by atoms with Gasteiger partial charge in [0.25, 0.3) is 11.8 Å². The van der Waals surface area contributed by atoms with Crippen LogP contribution in [0.15, 0.2) is 47.5 Å². The molecule has 2 heterocycles. The number of ether oxygens (including phenoxy) is 1. The number of hydrogen-bond acceptors (Lipinski definition) is 6. The summed E-state index contributed by atoms with van der Waals surface area (Å²) in [4.78, 5) is 30.7. The largest absolute Gasteiger partial charge is 0.383 e. The normalized spacial score (nSPS) is 18.9. The molecule has 0 saturated carbocycles. The van der Waals surface area contributed by atoms with Gasteiger partial charge >= 0.3 is 0 Å². The second kappa shape index (κ2) is 8.78. The van der Waals surface area contributed by atoms with E-state index in [-0.39, 0.29) is 25.6 Å². The number of nitrogens with zero attached hydrogens (tertiary/aromatic N) is 2. The second-order valence-electron chi connectivity index (χ2n) is 6.77. The highest BCUT2D eigenvalue weighted by molar-refractivity contribution is 6.04. The first kappa shape index (κ1) is 21.7. The van der Waals surface area contributed by atoms with Crippen LogP contribution >= 0.6 is 12.4 Å². The molecule has 158 valence electrons. The van der Waals surface area contributed by atoms with Gasteiger partial charge in [-0.25, -0.2) is 4.39 Å². The summed E-state index contributed by atoms with van der Waals surface area (Å²) in [5, 5.41) is 13.0. The van der Waals surface area contributed by atoms with Crippen molar-refractivity contribution in [1.82, 2.24) is 0 Å². The van der Waals surface area contributed by atoms with Crippen molar-refractivity contribution in [2.45, 2.75) is 18.8 Å². The molecule has 2 aromatic carbocycles. The summed E-state index contributed by atoms with van der Waals surface area (Å²) >= 11 is 0. The van der Waals surface area contributed by atoms with Crippen LogP contribution in [0.2, 0.25) is 0 Å². The van der Waals surface area contributed by atoms with Crippen molar-refractivity contribution < 1.29 is 23.8 Å². The molecule has 30 heavy (non-hydrogen) atoms. The minimum atomic E-state index is -1.71. The number of fused-ring (bicyclic) bond motifs is 1. The Kier molecular flexibility index (Phi) is 6.35. The smallest absolute Gasteiger partial charge is 0.259 e. The highest BCUT2D eigenvalue weighted by Gasteiger charge is 2.39. The Hall–Kier alpha value is -3.01. The molecule has 2 aliphatic heterocycles. The number of hydrogen-bond donors (Lipinski definition) is 3. The molecule has 0 spiro atoms. The standard InChI is InChI=1S/C20H19FN4O4.ClH/c21-12-1-4-14(5-2-12)25-7-8-29-17(20(25)28)16(26)19(27)24-13-3-6-15-11(9-13)10-23-18(15)22;/h1-6,9,16-17,26H,7-8,10H2,(H2,22,23)(H,24,27);1H/t16-,17-;/m1./s1. The van der Waals surface area contributed by atoms with Crippen LogP contribution in [-0.2, 0) is 20.9 Å². The Bertz CT molecular complexity index is 999. The number of halogens is 2. The van der Waals surface area contributed by atoms with E-state index in [0.717, 1.165) is 11.1 Å². The molecule has 10 heteroatoms. The third-order valence-electron chi connectivity index (χ3n) is 4.88. The van der Waals surface area contributed by atoms with E-state index < -0.39 is 29.8 Å². The number of benzene rings is 2. The quantitative estimate of drug-likeness (QED) is 0.668. The maximum atomic E-state index is 13.1. The number of morpholine rings is 1. The van der Waals surface area contributed by atoms with Crippen molar-refractivity contribution in [3.63, 3.8) is 0 Å². The van der Waals surface area contributed by atoms with E-state index in [1.54, 1.807) is 18.2 Å². The molecule has 1 saturated heterocycles. The average molecular weight is 435 g/mol. The van der Waals surface area contributed by atoms with Crippen LogP contribution in [0.4, 0.5) is 15.8 Å². The van der Waals surface area contributed by atoms with Crippen LogP contribution in [0, 0.1) is 5.82 Å². The van der Waals surface area contributed by atoms with Gasteiger partial charge in [0.2, 0.25) is 0 Å². The third kappa shape index (κ3) is 4.13. The zero-order chi connectivity index (χ0) is 20.5. The molecular formula is C20H20ClFN4O4. The summed E-state index contributed by atoms with van der Waals surface area (Å²) in [6, 6.07) is 10.5. The van der Waals surface area contributed by atoms with Gasteiger partial charge in [-0.3, -0.25) is 14.6 Å². The maximum absolute atomic E-state index is 13.1. The Balaban J connectivity index is 0.00000256. The van der Waals surface area contributed by atoms with E-state index >= 15 is 0 Å². The number of amides is 2. The van der Waals surface area contributed by atoms with Crippen molar-refractivity contribution in [3.05, 3.63) is 59.4 Å². The predicted octanol–water partition coefficient (Wildman–Crippen LogP) is 1.20. The monoisotopic (exact) mass is 434 g/mol. The highest BCUT2D eigenvalue weighted by atomic mass is 35.5. The number of amidine groups is 1. The van der Waals surface area contributed by atoms with E-state index in [9.17, 15) is 19.1 Å². The molecule has 2 aliphatic rings. The molecule has 0 aliphatic carbocycles. The SMILES string of the molecule is Cl.NC1=NCc2cc(NC(=O)[C@H](O)[C@H]3OCCN(c4ccc(F)cc4)C3=O)ccc21. The van der Waals surface area contributed by atoms with Gasteiger partial charge in [-0.2, -0.15) is 0 Å². The Labute approximate surface area is 177 Å². The third-order valence-corrected chi connectivity index (χ3v) is 4.88. The van der Waals surface area contributed by atoms with Gasteiger partial charge in [-0.1, -0.05) is 0 Å². The fraction of sp³-hybridized carbons (Fsp3) is 0.250. The minimum absolute atomic E-state index is 0. The molecule has 2 amide bonds. The number of carbonyl (C=O) groups excluding carboxylic acids is 2. The molecule has 4 N–H and O–H groups in total. The van der Waals surface area contributed by atoms with Crippen molar-refractivity contribution in [2.75, 3.05) is 23.4 Å². The number of nitrogens with one attached hydrogen (secondary N) is 1. The number of anilines is 2. The number of aliphatic imine (C=N–C) groups is 1. The van der Waals surface area contributed by atoms with Gasteiger partial charge in [-0.15, -0.1) is 12.4 Å². The van der Waals surface area contributed by atoms with Gasteiger partial charge in [-0.05, 0) is 48.0 Å². The summed E-state index contributed by atoms with van der Waals surface area (Å²) in [6.45, 7) is 0.791. The van der Waals surface area contributed by atoms with Crippen LogP contribution in [-0.4, -0.2) is 48.1 Å². The van der Waals surface area contributed by atoms with Gasteiger partial charge in [0.15, 0.2) is 12.2 Å². The molecule has 0 radical (unpaired) electrons. The Morgan fingerprint density at radius 1 is 1.30 bits per heavy atom. The summed E-state index contributed by atoms with van der Waals surface area (Å²) in [7, 11) is 0.